The Balaban J connectivity index is 2.29. The highest BCUT2D eigenvalue weighted by Gasteiger charge is 2.21. The highest BCUT2D eigenvalue weighted by molar-refractivity contribution is 4.75. The first-order valence-corrected chi connectivity index (χ1v) is 6.15. The molecule has 3 heteroatoms. The fraction of sp³-hybridized carbons (Fsp3) is 1.00. The molecule has 90 valence electrons. The molecule has 0 aromatic heterocycles. The second-order valence-electron chi connectivity index (χ2n) is 4.64. The van der Waals surface area contributed by atoms with Gasteiger partial charge in [0, 0.05) is 19.2 Å². The lowest BCUT2D eigenvalue weighted by molar-refractivity contribution is -0.0207. The summed E-state index contributed by atoms with van der Waals surface area (Å²) in [5.74, 6) is 0. The van der Waals surface area contributed by atoms with Crippen molar-refractivity contribution in [3.05, 3.63) is 0 Å². The molecular formula is C12H25NO2. The fourth-order valence-electron chi connectivity index (χ4n) is 2.07. The third-order valence-corrected chi connectivity index (χ3v) is 3.44. The molecule has 1 aliphatic rings. The predicted molar refractivity (Wildman–Crippen MR) is 62.0 cm³/mol. The van der Waals surface area contributed by atoms with E-state index in [1.165, 1.54) is 19.3 Å². The molecule has 0 spiro atoms. The van der Waals surface area contributed by atoms with E-state index in [0.717, 1.165) is 19.6 Å². The van der Waals surface area contributed by atoms with Crippen molar-refractivity contribution in [1.29, 1.82) is 0 Å². The van der Waals surface area contributed by atoms with Crippen molar-refractivity contribution < 1.29 is 9.84 Å². The van der Waals surface area contributed by atoms with Crippen LogP contribution in [0.25, 0.3) is 0 Å². The number of rotatable bonds is 5. The average Bonchev–Trinajstić information content (AvgIpc) is 2.28. The van der Waals surface area contributed by atoms with E-state index in [2.05, 4.69) is 18.9 Å². The lowest BCUT2D eigenvalue weighted by Crippen LogP contribution is -2.43. The Kier molecular flexibility index (Phi) is 5.58. The second-order valence-corrected chi connectivity index (χ2v) is 4.64. The van der Waals surface area contributed by atoms with Gasteiger partial charge in [-0.2, -0.15) is 0 Å². The van der Waals surface area contributed by atoms with Gasteiger partial charge in [0.1, 0.15) is 0 Å². The first-order valence-electron chi connectivity index (χ1n) is 6.15. The van der Waals surface area contributed by atoms with Gasteiger partial charge in [-0.3, -0.25) is 4.90 Å². The van der Waals surface area contributed by atoms with E-state index in [4.69, 9.17) is 4.74 Å². The van der Waals surface area contributed by atoms with Crippen LogP contribution in [-0.2, 0) is 4.74 Å². The molecule has 15 heavy (non-hydrogen) atoms. The highest BCUT2D eigenvalue weighted by Crippen LogP contribution is 2.15. The number of likely N-dealkylation sites (N-methyl/N-ethyl adjacent to an activating group) is 1. The van der Waals surface area contributed by atoms with E-state index in [0.29, 0.717) is 6.10 Å². The third-order valence-electron chi connectivity index (χ3n) is 3.44. The molecule has 0 amide bonds. The first-order chi connectivity index (χ1) is 7.15. The number of nitrogens with zero attached hydrogens (tertiary/aromatic N) is 1. The summed E-state index contributed by atoms with van der Waals surface area (Å²) >= 11 is 0. The van der Waals surface area contributed by atoms with Gasteiger partial charge < -0.3 is 9.84 Å². The SMILES string of the molecule is CCC(O)C(C)N(C)CC1CCCCO1. The number of ether oxygens (including phenoxy) is 1. The minimum absolute atomic E-state index is 0.223. The Morgan fingerprint density at radius 1 is 1.47 bits per heavy atom. The van der Waals surface area contributed by atoms with Gasteiger partial charge >= 0.3 is 0 Å². The van der Waals surface area contributed by atoms with Crippen LogP contribution in [0.15, 0.2) is 0 Å². The van der Waals surface area contributed by atoms with Gasteiger partial charge in [-0.1, -0.05) is 6.92 Å². The zero-order chi connectivity index (χ0) is 11.3. The lowest BCUT2D eigenvalue weighted by atomic mass is 10.1. The largest absolute Gasteiger partial charge is 0.392 e. The monoisotopic (exact) mass is 215 g/mol. The maximum Gasteiger partial charge on any atom is 0.0702 e. The summed E-state index contributed by atoms with van der Waals surface area (Å²) in [7, 11) is 2.07. The van der Waals surface area contributed by atoms with Crippen molar-refractivity contribution in [1.82, 2.24) is 4.90 Å². The molecule has 0 aliphatic carbocycles. The second kappa shape index (κ2) is 6.46. The molecule has 3 nitrogen and oxygen atoms in total. The molecule has 3 atom stereocenters. The number of hydrogen-bond acceptors (Lipinski definition) is 3. The standard InChI is InChI=1S/C12H25NO2/c1-4-12(14)10(2)13(3)9-11-7-5-6-8-15-11/h10-12,14H,4-9H2,1-3H3. The van der Waals surface area contributed by atoms with Gasteiger partial charge in [-0.25, -0.2) is 0 Å². The zero-order valence-electron chi connectivity index (χ0n) is 10.3. The number of aliphatic hydroxyl groups is 1. The summed E-state index contributed by atoms with van der Waals surface area (Å²) in [6, 6.07) is 0.223. The quantitative estimate of drug-likeness (QED) is 0.757. The summed E-state index contributed by atoms with van der Waals surface area (Å²) in [4.78, 5) is 2.21. The molecule has 0 aromatic rings. The molecule has 1 fully saturated rings. The van der Waals surface area contributed by atoms with Crippen LogP contribution < -0.4 is 0 Å². The minimum atomic E-state index is -0.224. The van der Waals surface area contributed by atoms with Gasteiger partial charge in [0.15, 0.2) is 0 Å². The summed E-state index contributed by atoms with van der Waals surface area (Å²) in [6.45, 7) is 5.95. The van der Waals surface area contributed by atoms with Gasteiger partial charge in [-0.15, -0.1) is 0 Å². The van der Waals surface area contributed by atoms with E-state index in [1.807, 2.05) is 6.92 Å². The average molecular weight is 215 g/mol. The van der Waals surface area contributed by atoms with E-state index in [-0.39, 0.29) is 12.1 Å². The van der Waals surface area contributed by atoms with Gasteiger partial charge in [0.2, 0.25) is 0 Å². The van der Waals surface area contributed by atoms with Gasteiger partial charge in [0.05, 0.1) is 12.2 Å². The molecule has 0 aromatic carbocycles. The number of aliphatic hydroxyl groups excluding tert-OH is 1. The maximum absolute atomic E-state index is 9.74. The topological polar surface area (TPSA) is 32.7 Å². The first kappa shape index (κ1) is 12.9. The minimum Gasteiger partial charge on any atom is -0.392 e. The van der Waals surface area contributed by atoms with Crippen LogP contribution in [0.2, 0.25) is 0 Å². The van der Waals surface area contributed by atoms with E-state index >= 15 is 0 Å². The molecule has 1 saturated heterocycles. The molecule has 1 heterocycles. The molecule has 3 unspecified atom stereocenters. The molecule has 1 aliphatic heterocycles. The Hall–Kier alpha value is -0.120. The predicted octanol–water partition coefficient (Wildman–Crippen LogP) is 1.65. The Bertz CT molecular complexity index is 169. The molecular weight excluding hydrogens is 190 g/mol. The van der Waals surface area contributed by atoms with Crippen LogP contribution in [0.3, 0.4) is 0 Å². The highest BCUT2D eigenvalue weighted by atomic mass is 16.5. The summed E-state index contributed by atoms with van der Waals surface area (Å²) in [6.07, 6.45) is 4.61. The van der Waals surface area contributed by atoms with E-state index in [9.17, 15) is 5.11 Å². The third kappa shape index (κ3) is 4.09. The Labute approximate surface area is 93.4 Å². The van der Waals surface area contributed by atoms with Crippen LogP contribution in [-0.4, -0.2) is 48.5 Å². The molecule has 1 rings (SSSR count). The van der Waals surface area contributed by atoms with Gasteiger partial charge in [0.25, 0.3) is 0 Å². The fourth-order valence-corrected chi connectivity index (χ4v) is 2.07. The zero-order valence-corrected chi connectivity index (χ0v) is 10.3. The van der Waals surface area contributed by atoms with Crippen molar-refractivity contribution in [2.45, 2.75) is 57.8 Å². The van der Waals surface area contributed by atoms with Crippen LogP contribution in [0.5, 0.6) is 0 Å². The van der Waals surface area contributed by atoms with Crippen molar-refractivity contribution in [3.63, 3.8) is 0 Å². The molecule has 0 saturated carbocycles. The molecule has 0 radical (unpaired) electrons. The van der Waals surface area contributed by atoms with Crippen LogP contribution in [0.1, 0.15) is 39.5 Å². The van der Waals surface area contributed by atoms with Crippen molar-refractivity contribution in [2.24, 2.45) is 0 Å². The number of hydrogen-bond donors (Lipinski definition) is 1. The summed E-state index contributed by atoms with van der Waals surface area (Å²) in [5, 5.41) is 9.74. The summed E-state index contributed by atoms with van der Waals surface area (Å²) in [5.41, 5.74) is 0. The van der Waals surface area contributed by atoms with E-state index in [1.54, 1.807) is 0 Å². The summed E-state index contributed by atoms with van der Waals surface area (Å²) < 4.78 is 5.69. The Morgan fingerprint density at radius 3 is 2.73 bits per heavy atom. The van der Waals surface area contributed by atoms with E-state index < -0.39 is 0 Å². The molecule has 1 N–H and O–H groups in total. The Morgan fingerprint density at radius 2 is 2.20 bits per heavy atom. The van der Waals surface area contributed by atoms with Crippen molar-refractivity contribution >= 4 is 0 Å². The van der Waals surface area contributed by atoms with Crippen LogP contribution in [0, 0.1) is 0 Å². The maximum atomic E-state index is 9.74. The smallest absolute Gasteiger partial charge is 0.0702 e. The van der Waals surface area contributed by atoms with Crippen LogP contribution in [0.4, 0.5) is 0 Å². The van der Waals surface area contributed by atoms with Crippen molar-refractivity contribution in [3.8, 4) is 0 Å². The van der Waals surface area contributed by atoms with Crippen molar-refractivity contribution in [2.75, 3.05) is 20.2 Å². The molecule has 0 bridgehead atoms. The van der Waals surface area contributed by atoms with Gasteiger partial charge in [-0.05, 0) is 39.7 Å². The lowest BCUT2D eigenvalue weighted by Gasteiger charge is -2.33. The van der Waals surface area contributed by atoms with Crippen LogP contribution >= 0.6 is 0 Å². The normalized spacial score (nSPS) is 26.6.